The average molecular weight is 306 g/mol. The summed E-state index contributed by atoms with van der Waals surface area (Å²) in [5.41, 5.74) is 4.82. The molecule has 3 aromatic rings. The van der Waals surface area contributed by atoms with Gasteiger partial charge < -0.3 is 9.67 Å². The molecule has 3 heteroatoms. The summed E-state index contributed by atoms with van der Waals surface area (Å²) < 4.78 is 2.20. The van der Waals surface area contributed by atoms with Crippen LogP contribution in [0.25, 0.3) is 0 Å². The Hall–Kier alpha value is -2.55. The molecule has 118 valence electrons. The fourth-order valence-electron chi connectivity index (χ4n) is 2.90. The molecular weight excluding hydrogens is 284 g/mol. The molecule has 0 bridgehead atoms. The van der Waals surface area contributed by atoms with Gasteiger partial charge in [-0.25, -0.2) is 4.98 Å². The molecule has 23 heavy (non-hydrogen) atoms. The molecule has 0 fully saturated rings. The second kappa shape index (κ2) is 7.14. The molecular formula is C20H22N2O. The van der Waals surface area contributed by atoms with Crippen molar-refractivity contribution in [1.29, 1.82) is 0 Å². The molecule has 3 rings (SSSR count). The van der Waals surface area contributed by atoms with Crippen molar-refractivity contribution in [2.75, 3.05) is 0 Å². The highest BCUT2D eigenvalue weighted by Crippen LogP contribution is 2.18. The molecule has 1 aromatic heterocycles. The third kappa shape index (κ3) is 3.81. The normalized spacial score (nSPS) is 10.8. The Morgan fingerprint density at radius 1 is 1.00 bits per heavy atom. The monoisotopic (exact) mass is 306 g/mol. The molecule has 3 nitrogen and oxygen atoms in total. The highest BCUT2D eigenvalue weighted by Gasteiger charge is 2.11. The SMILES string of the molecule is CCCc1c(Cc2ccccc2)ncn1Cc1cccc(O)c1. The van der Waals surface area contributed by atoms with Crippen LogP contribution >= 0.6 is 0 Å². The Kier molecular flexibility index (Phi) is 4.77. The van der Waals surface area contributed by atoms with E-state index in [1.807, 2.05) is 30.6 Å². The lowest BCUT2D eigenvalue weighted by molar-refractivity contribution is 0.474. The van der Waals surface area contributed by atoms with Crippen LogP contribution < -0.4 is 0 Å². The summed E-state index contributed by atoms with van der Waals surface area (Å²) in [4.78, 5) is 4.65. The summed E-state index contributed by atoms with van der Waals surface area (Å²) in [5, 5.41) is 9.64. The maximum atomic E-state index is 9.64. The highest BCUT2D eigenvalue weighted by molar-refractivity contribution is 5.29. The summed E-state index contributed by atoms with van der Waals surface area (Å²) in [5.74, 6) is 0.309. The first-order chi connectivity index (χ1) is 11.3. The van der Waals surface area contributed by atoms with Gasteiger partial charge in [0.1, 0.15) is 5.75 Å². The van der Waals surface area contributed by atoms with Crippen LogP contribution in [0.5, 0.6) is 5.75 Å². The minimum atomic E-state index is 0.309. The zero-order valence-electron chi connectivity index (χ0n) is 13.4. The van der Waals surface area contributed by atoms with Crippen molar-refractivity contribution < 1.29 is 5.11 Å². The molecule has 0 aliphatic rings. The lowest BCUT2D eigenvalue weighted by Gasteiger charge is -2.10. The Morgan fingerprint density at radius 2 is 1.78 bits per heavy atom. The molecule has 0 aliphatic heterocycles. The zero-order valence-corrected chi connectivity index (χ0v) is 13.4. The predicted molar refractivity (Wildman–Crippen MR) is 92.7 cm³/mol. The standard InChI is InChI=1S/C20H22N2O/c1-2-7-20-19(13-16-8-4-3-5-9-16)21-15-22(20)14-17-10-6-11-18(23)12-17/h3-6,8-12,15,23H,2,7,13-14H2,1H3. The number of benzene rings is 2. The Balaban J connectivity index is 1.86. The molecule has 0 aliphatic carbocycles. The van der Waals surface area contributed by atoms with E-state index in [0.717, 1.165) is 37.1 Å². The molecule has 1 N–H and O–H groups in total. The molecule has 0 saturated heterocycles. The van der Waals surface area contributed by atoms with Crippen molar-refractivity contribution in [3.63, 3.8) is 0 Å². The van der Waals surface area contributed by atoms with Gasteiger partial charge in [-0.1, -0.05) is 55.8 Å². The number of aromatic nitrogens is 2. The molecule has 0 spiro atoms. The predicted octanol–water partition coefficient (Wildman–Crippen LogP) is 4.18. The largest absolute Gasteiger partial charge is 0.508 e. The van der Waals surface area contributed by atoms with Crippen LogP contribution in [-0.2, 0) is 19.4 Å². The number of hydrogen-bond donors (Lipinski definition) is 1. The van der Waals surface area contributed by atoms with E-state index >= 15 is 0 Å². The van der Waals surface area contributed by atoms with Crippen molar-refractivity contribution >= 4 is 0 Å². The minimum absolute atomic E-state index is 0.309. The maximum absolute atomic E-state index is 9.64. The van der Waals surface area contributed by atoms with E-state index in [2.05, 4.69) is 40.7 Å². The minimum Gasteiger partial charge on any atom is -0.508 e. The average Bonchev–Trinajstić information content (AvgIpc) is 2.91. The number of phenolic OH excluding ortho intramolecular Hbond substituents is 1. The van der Waals surface area contributed by atoms with Crippen molar-refractivity contribution in [3.8, 4) is 5.75 Å². The fraction of sp³-hybridized carbons (Fsp3) is 0.250. The van der Waals surface area contributed by atoms with Crippen molar-refractivity contribution in [3.05, 3.63) is 83.4 Å². The van der Waals surface area contributed by atoms with E-state index in [9.17, 15) is 5.11 Å². The van der Waals surface area contributed by atoms with Crippen molar-refractivity contribution in [1.82, 2.24) is 9.55 Å². The van der Waals surface area contributed by atoms with Gasteiger partial charge in [-0.2, -0.15) is 0 Å². The van der Waals surface area contributed by atoms with E-state index in [1.54, 1.807) is 6.07 Å². The van der Waals surface area contributed by atoms with Crippen LogP contribution in [0.4, 0.5) is 0 Å². The molecule has 0 radical (unpaired) electrons. The molecule has 0 atom stereocenters. The zero-order chi connectivity index (χ0) is 16.1. The second-order valence-corrected chi connectivity index (χ2v) is 5.85. The number of aromatic hydroxyl groups is 1. The first-order valence-corrected chi connectivity index (χ1v) is 8.11. The van der Waals surface area contributed by atoms with Crippen molar-refractivity contribution in [2.24, 2.45) is 0 Å². The number of imidazole rings is 1. The summed E-state index contributed by atoms with van der Waals surface area (Å²) >= 11 is 0. The smallest absolute Gasteiger partial charge is 0.115 e. The van der Waals surface area contributed by atoms with Crippen molar-refractivity contribution in [2.45, 2.75) is 32.7 Å². The van der Waals surface area contributed by atoms with Crippen LogP contribution in [0.3, 0.4) is 0 Å². The molecule has 0 unspecified atom stereocenters. The van der Waals surface area contributed by atoms with Crippen LogP contribution in [0.2, 0.25) is 0 Å². The lowest BCUT2D eigenvalue weighted by atomic mass is 10.1. The second-order valence-electron chi connectivity index (χ2n) is 5.85. The van der Waals surface area contributed by atoms with E-state index < -0.39 is 0 Å². The van der Waals surface area contributed by atoms with E-state index in [0.29, 0.717) is 5.75 Å². The Labute approximate surface area is 137 Å². The van der Waals surface area contributed by atoms with Gasteiger partial charge in [-0.15, -0.1) is 0 Å². The highest BCUT2D eigenvalue weighted by atomic mass is 16.3. The van der Waals surface area contributed by atoms with Crippen LogP contribution in [0.1, 0.15) is 35.9 Å². The Bertz CT molecular complexity index is 762. The van der Waals surface area contributed by atoms with Gasteiger partial charge in [0.15, 0.2) is 0 Å². The molecule has 0 amide bonds. The molecule has 2 aromatic carbocycles. The quantitative estimate of drug-likeness (QED) is 0.742. The topological polar surface area (TPSA) is 38.0 Å². The van der Waals surface area contributed by atoms with Gasteiger partial charge in [-0.05, 0) is 29.7 Å². The number of rotatable bonds is 6. The lowest BCUT2D eigenvalue weighted by Crippen LogP contribution is -2.05. The number of phenols is 1. The van der Waals surface area contributed by atoms with E-state index in [4.69, 9.17) is 0 Å². The molecule has 1 heterocycles. The summed E-state index contributed by atoms with van der Waals surface area (Å²) in [6.45, 7) is 2.93. The van der Waals surface area contributed by atoms with Gasteiger partial charge in [0.2, 0.25) is 0 Å². The molecule has 0 saturated carbocycles. The van der Waals surface area contributed by atoms with Gasteiger partial charge in [0, 0.05) is 18.7 Å². The third-order valence-electron chi connectivity index (χ3n) is 4.00. The van der Waals surface area contributed by atoms with E-state index in [1.165, 1.54) is 11.3 Å². The van der Waals surface area contributed by atoms with Crippen LogP contribution in [-0.4, -0.2) is 14.7 Å². The maximum Gasteiger partial charge on any atom is 0.115 e. The third-order valence-corrected chi connectivity index (χ3v) is 4.00. The summed E-state index contributed by atoms with van der Waals surface area (Å²) in [6, 6.07) is 17.9. The van der Waals surface area contributed by atoms with Gasteiger partial charge in [-0.3, -0.25) is 0 Å². The van der Waals surface area contributed by atoms with Gasteiger partial charge >= 0.3 is 0 Å². The van der Waals surface area contributed by atoms with Gasteiger partial charge in [0.25, 0.3) is 0 Å². The number of hydrogen-bond acceptors (Lipinski definition) is 2. The first kappa shape index (κ1) is 15.3. The fourth-order valence-corrected chi connectivity index (χ4v) is 2.90. The first-order valence-electron chi connectivity index (χ1n) is 8.11. The van der Waals surface area contributed by atoms with Crippen LogP contribution in [0, 0.1) is 0 Å². The van der Waals surface area contributed by atoms with Crippen LogP contribution in [0.15, 0.2) is 60.9 Å². The Morgan fingerprint density at radius 3 is 2.52 bits per heavy atom. The number of nitrogens with zero attached hydrogens (tertiary/aromatic N) is 2. The van der Waals surface area contributed by atoms with E-state index in [-0.39, 0.29) is 0 Å². The van der Waals surface area contributed by atoms with Gasteiger partial charge in [0.05, 0.1) is 12.0 Å². The summed E-state index contributed by atoms with van der Waals surface area (Å²) in [6.07, 6.45) is 4.89. The summed E-state index contributed by atoms with van der Waals surface area (Å²) in [7, 11) is 0.